The molecule has 1 heterocycles. The highest BCUT2D eigenvalue weighted by Crippen LogP contribution is 1.99. The van der Waals surface area contributed by atoms with Gasteiger partial charge >= 0.3 is 5.69 Å². The molecule has 5 heteroatoms. The van der Waals surface area contributed by atoms with Gasteiger partial charge in [0.1, 0.15) is 5.82 Å². The van der Waals surface area contributed by atoms with Gasteiger partial charge in [0.25, 0.3) is 5.56 Å². The van der Waals surface area contributed by atoms with Gasteiger partial charge in [-0.3, -0.25) is 14.8 Å². The lowest BCUT2D eigenvalue weighted by Gasteiger charge is -2.11. The maximum Gasteiger partial charge on any atom is 0.327 e. The van der Waals surface area contributed by atoms with Crippen molar-refractivity contribution in [3.8, 4) is 0 Å². The maximum absolute atomic E-state index is 10.9. The van der Waals surface area contributed by atoms with Crippen LogP contribution in [0.5, 0.6) is 0 Å². The van der Waals surface area contributed by atoms with Gasteiger partial charge in [0.2, 0.25) is 0 Å². The molecule has 1 unspecified atom stereocenters. The molecule has 13 heavy (non-hydrogen) atoms. The van der Waals surface area contributed by atoms with Crippen molar-refractivity contribution in [3.05, 3.63) is 26.9 Å². The average molecular weight is 183 g/mol. The summed E-state index contributed by atoms with van der Waals surface area (Å²) in [7, 11) is 0. The molecule has 3 N–H and O–H groups in total. The smallest absolute Gasteiger partial charge is 0.327 e. The average Bonchev–Trinajstić information content (AvgIpc) is 2.02. The lowest BCUT2D eigenvalue weighted by molar-refractivity contribution is 0.756. The molecule has 1 atom stereocenters. The highest BCUT2D eigenvalue weighted by molar-refractivity contribution is 5.32. The number of anilines is 1. The molecule has 1 rings (SSSR count). The SMILES string of the molecule is CCC(C)Nc1cc(=O)[nH]c(=O)[nH]1. The van der Waals surface area contributed by atoms with Crippen molar-refractivity contribution < 1.29 is 0 Å². The summed E-state index contributed by atoms with van der Waals surface area (Å²) < 4.78 is 0. The first kappa shape index (κ1) is 9.57. The van der Waals surface area contributed by atoms with Crippen molar-refractivity contribution in [2.75, 3.05) is 5.32 Å². The van der Waals surface area contributed by atoms with Crippen molar-refractivity contribution in [1.82, 2.24) is 9.97 Å². The van der Waals surface area contributed by atoms with Crippen molar-refractivity contribution in [2.45, 2.75) is 26.3 Å². The zero-order valence-corrected chi connectivity index (χ0v) is 7.68. The number of aromatic nitrogens is 2. The van der Waals surface area contributed by atoms with Gasteiger partial charge in [-0.15, -0.1) is 0 Å². The molecule has 0 saturated heterocycles. The summed E-state index contributed by atoms with van der Waals surface area (Å²) in [4.78, 5) is 26.3. The molecule has 0 aliphatic carbocycles. The number of hydrogen-bond acceptors (Lipinski definition) is 3. The molecule has 1 aromatic rings. The molecule has 0 amide bonds. The van der Waals surface area contributed by atoms with E-state index in [1.165, 1.54) is 6.07 Å². The Morgan fingerprint density at radius 1 is 1.46 bits per heavy atom. The topological polar surface area (TPSA) is 77.8 Å². The summed E-state index contributed by atoms with van der Waals surface area (Å²) in [6, 6.07) is 1.56. The largest absolute Gasteiger partial charge is 0.369 e. The number of rotatable bonds is 3. The Labute approximate surface area is 75.2 Å². The fourth-order valence-electron chi connectivity index (χ4n) is 0.914. The summed E-state index contributed by atoms with van der Waals surface area (Å²) in [5, 5.41) is 3.00. The second kappa shape index (κ2) is 3.93. The molecule has 5 nitrogen and oxygen atoms in total. The molecule has 0 aromatic carbocycles. The van der Waals surface area contributed by atoms with E-state index in [0.717, 1.165) is 6.42 Å². The van der Waals surface area contributed by atoms with E-state index in [4.69, 9.17) is 0 Å². The fraction of sp³-hybridized carbons (Fsp3) is 0.500. The third-order valence-corrected chi connectivity index (χ3v) is 1.77. The second-order valence-electron chi connectivity index (χ2n) is 2.96. The Hall–Kier alpha value is -1.52. The van der Waals surface area contributed by atoms with Crippen LogP contribution in [0.15, 0.2) is 15.7 Å². The minimum atomic E-state index is -0.488. The van der Waals surface area contributed by atoms with Crippen molar-refractivity contribution in [1.29, 1.82) is 0 Å². The Balaban J connectivity index is 2.90. The van der Waals surface area contributed by atoms with Crippen molar-refractivity contribution >= 4 is 5.82 Å². The van der Waals surface area contributed by atoms with Crippen LogP contribution in [0.1, 0.15) is 20.3 Å². The summed E-state index contributed by atoms with van der Waals surface area (Å²) in [6.07, 6.45) is 0.925. The first-order chi connectivity index (χ1) is 6.11. The Kier molecular flexibility index (Phi) is 2.89. The van der Waals surface area contributed by atoms with Gasteiger partial charge < -0.3 is 5.32 Å². The summed E-state index contributed by atoms with van der Waals surface area (Å²) in [6.45, 7) is 3.99. The van der Waals surface area contributed by atoms with Gasteiger partial charge in [-0.1, -0.05) is 6.92 Å². The fourth-order valence-corrected chi connectivity index (χ4v) is 0.914. The number of hydrogen-bond donors (Lipinski definition) is 3. The van der Waals surface area contributed by atoms with Crippen LogP contribution in [0.2, 0.25) is 0 Å². The monoisotopic (exact) mass is 183 g/mol. The van der Waals surface area contributed by atoms with Gasteiger partial charge in [0.05, 0.1) is 0 Å². The highest BCUT2D eigenvalue weighted by Gasteiger charge is 1.99. The number of nitrogens with one attached hydrogen (secondary N) is 3. The summed E-state index contributed by atoms with van der Waals surface area (Å²) >= 11 is 0. The lowest BCUT2D eigenvalue weighted by Crippen LogP contribution is -2.25. The second-order valence-corrected chi connectivity index (χ2v) is 2.96. The van der Waals surface area contributed by atoms with Gasteiger partial charge in [0.15, 0.2) is 0 Å². The van der Waals surface area contributed by atoms with Crippen LogP contribution in [0.3, 0.4) is 0 Å². The standard InChI is InChI=1S/C8H13N3O2/c1-3-5(2)9-6-4-7(12)11-8(13)10-6/h4-5H,3H2,1-2H3,(H3,9,10,11,12,13). The van der Waals surface area contributed by atoms with E-state index in [0.29, 0.717) is 5.82 Å². The van der Waals surface area contributed by atoms with E-state index in [1.54, 1.807) is 0 Å². The first-order valence-corrected chi connectivity index (χ1v) is 4.22. The third-order valence-electron chi connectivity index (χ3n) is 1.77. The number of aromatic amines is 2. The van der Waals surface area contributed by atoms with Crippen LogP contribution in [0, 0.1) is 0 Å². The molecular formula is C8H13N3O2. The molecule has 0 aliphatic heterocycles. The van der Waals surface area contributed by atoms with Crippen molar-refractivity contribution in [2.24, 2.45) is 0 Å². The molecule has 1 aromatic heterocycles. The molecule has 0 spiro atoms. The molecule has 0 bridgehead atoms. The summed E-state index contributed by atoms with van der Waals surface area (Å²) in [5.74, 6) is 0.461. The van der Waals surface area contributed by atoms with Crippen LogP contribution in [-0.2, 0) is 0 Å². The third kappa shape index (κ3) is 2.77. The van der Waals surface area contributed by atoms with E-state index in [9.17, 15) is 9.59 Å². The molecule has 0 radical (unpaired) electrons. The van der Waals surface area contributed by atoms with E-state index in [2.05, 4.69) is 15.3 Å². The van der Waals surface area contributed by atoms with E-state index in [1.807, 2.05) is 13.8 Å². The Bertz CT molecular complexity index is 351. The minimum absolute atomic E-state index is 0.234. The molecule has 0 aliphatic rings. The van der Waals surface area contributed by atoms with Crippen LogP contribution >= 0.6 is 0 Å². The maximum atomic E-state index is 10.9. The van der Waals surface area contributed by atoms with Gasteiger partial charge in [-0.05, 0) is 13.3 Å². The van der Waals surface area contributed by atoms with Crippen LogP contribution in [-0.4, -0.2) is 16.0 Å². The van der Waals surface area contributed by atoms with Crippen LogP contribution in [0.4, 0.5) is 5.82 Å². The zero-order chi connectivity index (χ0) is 9.84. The normalized spacial score (nSPS) is 12.5. The van der Waals surface area contributed by atoms with E-state index < -0.39 is 11.2 Å². The lowest BCUT2D eigenvalue weighted by atomic mass is 10.2. The van der Waals surface area contributed by atoms with Crippen LogP contribution < -0.4 is 16.6 Å². The molecule has 0 fully saturated rings. The molecule has 72 valence electrons. The molecular weight excluding hydrogens is 170 g/mol. The Morgan fingerprint density at radius 2 is 2.15 bits per heavy atom. The van der Waals surface area contributed by atoms with E-state index >= 15 is 0 Å². The number of H-pyrrole nitrogens is 2. The summed E-state index contributed by atoms with van der Waals surface area (Å²) in [5.41, 5.74) is -0.882. The predicted octanol–water partition coefficient (Wildman–Crippen LogP) is 0.274. The highest BCUT2D eigenvalue weighted by atomic mass is 16.2. The first-order valence-electron chi connectivity index (χ1n) is 4.22. The quantitative estimate of drug-likeness (QED) is 0.629. The predicted molar refractivity (Wildman–Crippen MR) is 51.1 cm³/mol. The zero-order valence-electron chi connectivity index (χ0n) is 7.68. The minimum Gasteiger partial charge on any atom is -0.369 e. The van der Waals surface area contributed by atoms with Gasteiger partial charge in [-0.2, -0.15) is 0 Å². The Morgan fingerprint density at radius 3 is 2.69 bits per heavy atom. The van der Waals surface area contributed by atoms with Crippen LogP contribution in [0.25, 0.3) is 0 Å². The van der Waals surface area contributed by atoms with Gasteiger partial charge in [-0.25, -0.2) is 4.79 Å². The van der Waals surface area contributed by atoms with E-state index in [-0.39, 0.29) is 6.04 Å². The van der Waals surface area contributed by atoms with Crippen molar-refractivity contribution in [3.63, 3.8) is 0 Å². The van der Waals surface area contributed by atoms with Gasteiger partial charge in [0, 0.05) is 12.1 Å². The molecule has 0 saturated carbocycles.